The number of pyridine rings is 1. The standard InChI is InChI=1S/C16H19N7O/c1-21-14(4-5-20-21)12-19-16(24)23-8-6-22(7-9-23)15-3-2-13(10-17)11-18-15/h2-5,11H,6-9,12H2,1H3,(H,19,24). The Bertz CT molecular complexity index is 739. The van der Waals surface area contributed by atoms with Crippen LogP contribution in [0.2, 0.25) is 0 Å². The van der Waals surface area contributed by atoms with Gasteiger partial charge in [0.15, 0.2) is 0 Å². The van der Waals surface area contributed by atoms with Gasteiger partial charge < -0.3 is 15.1 Å². The quantitative estimate of drug-likeness (QED) is 0.898. The van der Waals surface area contributed by atoms with E-state index in [2.05, 4.69) is 26.4 Å². The Morgan fingerprint density at radius 2 is 2.08 bits per heavy atom. The smallest absolute Gasteiger partial charge is 0.317 e. The lowest BCUT2D eigenvalue weighted by Crippen LogP contribution is -2.52. The molecule has 1 aliphatic rings. The number of piperazine rings is 1. The third-order valence-electron chi connectivity index (χ3n) is 4.11. The Kier molecular flexibility index (Phi) is 4.61. The number of hydrogen-bond donors (Lipinski definition) is 1. The van der Waals surface area contributed by atoms with Crippen LogP contribution in [-0.2, 0) is 13.6 Å². The minimum Gasteiger partial charge on any atom is -0.353 e. The van der Waals surface area contributed by atoms with Gasteiger partial charge in [-0.25, -0.2) is 9.78 Å². The number of aryl methyl sites for hydroxylation is 1. The SMILES string of the molecule is Cn1nccc1CNC(=O)N1CCN(c2ccc(C#N)cn2)CC1. The summed E-state index contributed by atoms with van der Waals surface area (Å²) in [5.41, 5.74) is 1.51. The molecule has 8 heteroatoms. The molecule has 2 amide bonds. The molecule has 3 heterocycles. The van der Waals surface area contributed by atoms with Crippen molar-refractivity contribution in [2.75, 3.05) is 31.1 Å². The summed E-state index contributed by atoms with van der Waals surface area (Å²) in [6, 6.07) is 7.48. The fraction of sp³-hybridized carbons (Fsp3) is 0.375. The van der Waals surface area contributed by atoms with Gasteiger partial charge in [0.25, 0.3) is 0 Å². The van der Waals surface area contributed by atoms with Crippen LogP contribution in [0.15, 0.2) is 30.6 Å². The summed E-state index contributed by atoms with van der Waals surface area (Å²) in [6.45, 7) is 3.18. The molecule has 2 aromatic rings. The molecule has 1 fully saturated rings. The maximum atomic E-state index is 12.2. The molecular formula is C16H19N7O. The van der Waals surface area contributed by atoms with Crippen molar-refractivity contribution >= 4 is 11.8 Å². The van der Waals surface area contributed by atoms with Crippen molar-refractivity contribution in [2.45, 2.75) is 6.54 Å². The van der Waals surface area contributed by atoms with E-state index in [-0.39, 0.29) is 6.03 Å². The minimum absolute atomic E-state index is 0.0661. The number of nitriles is 1. The third-order valence-corrected chi connectivity index (χ3v) is 4.11. The van der Waals surface area contributed by atoms with E-state index in [1.54, 1.807) is 28.0 Å². The average Bonchev–Trinajstić information content (AvgIpc) is 3.05. The summed E-state index contributed by atoms with van der Waals surface area (Å²) in [7, 11) is 1.85. The lowest BCUT2D eigenvalue weighted by molar-refractivity contribution is 0.193. The number of hydrogen-bond acceptors (Lipinski definition) is 5. The van der Waals surface area contributed by atoms with Gasteiger partial charge in [-0.1, -0.05) is 0 Å². The highest BCUT2D eigenvalue weighted by atomic mass is 16.2. The number of urea groups is 1. The zero-order chi connectivity index (χ0) is 16.9. The van der Waals surface area contributed by atoms with Gasteiger partial charge in [0.1, 0.15) is 11.9 Å². The van der Waals surface area contributed by atoms with Crippen LogP contribution in [0.1, 0.15) is 11.3 Å². The van der Waals surface area contributed by atoms with Gasteiger partial charge in [-0.2, -0.15) is 10.4 Å². The lowest BCUT2D eigenvalue weighted by Gasteiger charge is -2.35. The first-order valence-electron chi connectivity index (χ1n) is 7.78. The second-order valence-electron chi connectivity index (χ2n) is 5.60. The summed E-state index contributed by atoms with van der Waals surface area (Å²) < 4.78 is 1.74. The van der Waals surface area contributed by atoms with Crippen molar-refractivity contribution in [3.8, 4) is 6.07 Å². The van der Waals surface area contributed by atoms with Crippen LogP contribution in [0.5, 0.6) is 0 Å². The molecule has 0 saturated carbocycles. The molecule has 1 saturated heterocycles. The van der Waals surface area contributed by atoms with Crippen LogP contribution in [0.4, 0.5) is 10.6 Å². The molecule has 0 bridgehead atoms. The first-order valence-corrected chi connectivity index (χ1v) is 7.78. The third kappa shape index (κ3) is 3.46. The predicted molar refractivity (Wildman–Crippen MR) is 88.2 cm³/mol. The largest absolute Gasteiger partial charge is 0.353 e. The summed E-state index contributed by atoms with van der Waals surface area (Å²) in [5, 5.41) is 15.8. The lowest BCUT2D eigenvalue weighted by atomic mass is 10.2. The van der Waals surface area contributed by atoms with Crippen molar-refractivity contribution < 1.29 is 4.79 Å². The second kappa shape index (κ2) is 7.00. The van der Waals surface area contributed by atoms with Crippen molar-refractivity contribution in [1.29, 1.82) is 5.26 Å². The summed E-state index contributed by atoms with van der Waals surface area (Å²) in [5.74, 6) is 0.837. The molecule has 0 spiro atoms. The number of rotatable bonds is 3. The average molecular weight is 325 g/mol. The zero-order valence-electron chi connectivity index (χ0n) is 13.5. The molecule has 0 atom stereocenters. The van der Waals surface area contributed by atoms with E-state index in [9.17, 15) is 4.79 Å². The number of carbonyl (C=O) groups excluding carboxylic acids is 1. The maximum Gasteiger partial charge on any atom is 0.317 e. The van der Waals surface area contributed by atoms with Gasteiger partial charge in [0, 0.05) is 45.6 Å². The molecule has 24 heavy (non-hydrogen) atoms. The van der Waals surface area contributed by atoms with Crippen molar-refractivity contribution in [1.82, 2.24) is 25.0 Å². The Labute approximate surface area is 140 Å². The number of amides is 2. The van der Waals surface area contributed by atoms with E-state index in [1.807, 2.05) is 19.2 Å². The summed E-state index contributed by atoms with van der Waals surface area (Å²) >= 11 is 0. The first kappa shape index (κ1) is 15.8. The molecule has 0 unspecified atom stereocenters. The molecular weight excluding hydrogens is 306 g/mol. The monoisotopic (exact) mass is 325 g/mol. The first-order chi connectivity index (χ1) is 11.7. The van der Waals surface area contributed by atoms with Gasteiger partial charge in [-0.15, -0.1) is 0 Å². The Morgan fingerprint density at radius 1 is 1.29 bits per heavy atom. The fourth-order valence-corrected chi connectivity index (χ4v) is 2.63. The molecule has 0 radical (unpaired) electrons. The molecule has 8 nitrogen and oxygen atoms in total. The van der Waals surface area contributed by atoms with Gasteiger partial charge >= 0.3 is 6.03 Å². The van der Waals surface area contributed by atoms with E-state index >= 15 is 0 Å². The van der Waals surface area contributed by atoms with Crippen LogP contribution < -0.4 is 10.2 Å². The van der Waals surface area contributed by atoms with E-state index in [4.69, 9.17) is 5.26 Å². The Hall–Kier alpha value is -3.08. The number of aromatic nitrogens is 3. The molecule has 2 aromatic heterocycles. The molecule has 1 aliphatic heterocycles. The predicted octanol–water partition coefficient (Wildman–Crippen LogP) is 0.719. The molecule has 124 valence electrons. The van der Waals surface area contributed by atoms with Crippen LogP contribution in [0.25, 0.3) is 0 Å². The number of nitrogens with zero attached hydrogens (tertiary/aromatic N) is 6. The van der Waals surface area contributed by atoms with Gasteiger partial charge in [-0.3, -0.25) is 4.68 Å². The van der Waals surface area contributed by atoms with E-state index in [1.165, 1.54) is 0 Å². The highest BCUT2D eigenvalue weighted by molar-refractivity contribution is 5.74. The molecule has 0 aliphatic carbocycles. The zero-order valence-corrected chi connectivity index (χ0v) is 13.5. The molecule has 1 N–H and O–H groups in total. The topological polar surface area (TPSA) is 90.1 Å². The highest BCUT2D eigenvalue weighted by Gasteiger charge is 2.21. The van der Waals surface area contributed by atoms with Gasteiger partial charge in [-0.05, 0) is 18.2 Å². The maximum absolute atomic E-state index is 12.2. The van der Waals surface area contributed by atoms with Crippen LogP contribution in [-0.4, -0.2) is 51.9 Å². The summed E-state index contributed by atoms with van der Waals surface area (Å²) in [4.78, 5) is 20.5. The van der Waals surface area contributed by atoms with Gasteiger partial charge in [0.05, 0.1) is 17.8 Å². The summed E-state index contributed by atoms with van der Waals surface area (Å²) in [6.07, 6.45) is 3.28. The number of anilines is 1. The minimum atomic E-state index is -0.0661. The van der Waals surface area contributed by atoms with Crippen molar-refractivity contribution in [2.24, 2.45) is 7.05 Å². The Balaban J connectivity index is 1.50. The fourth-order valence-electron chi connectivity index (χ4n) is 2.63. The molecule has 3 rings (SSSR count). The van der Waals surface area contributed by atoms with Crippen LogP contribution in [0, 0.1) is 11.3 Å². The van der Waals surface area contributed by atoms with Gasteiger partial charge in [0.2, 0.25) is 0 Å². The van der Waals surface area contributed by atoms with Crippen LogP contribution in [0.3, 0.4) is 0 Å². The second-order valence-corrected chi connectivity index (χ2v) is 5.60. The van der Waals surface area contributed by atoms with Crippen molar-refractivity contribution in [3.63, 3.8) is 0 Å². The normalized spacial score (nSPS) is 14.3. The van der Waals surface area contributed by atoms with E-state index in [0.29, 0.717) is 25.2 Å². The Morgan fingerprint density at radius 3 is 2.67 bits per heavy atom. The number of carbonyl (C=O) groups is 1. The van der Waals surface area contributed by atoms with E-state index < -0.39 is 0 Å². The highest BCUT2D eigenvalue weighted by Crippen LogP contribution is 2.14. The molecule has 0 aromatic carbocycles. The van der Waals surface area contributed by atoms with E-state index in [0.717, 1.165) is 24.6 Å². The number of nitrogens with one attached hydrogen (secondary N) is 1. The van der Waals surface area contributed by atoms with Crippen molar-refractivity contribution in [3.05, 3.63) is 41.9 Å². The van der Waals surface area contributed by atoms with Crippen LogP contribution >= 0.6 is 0 Å².